The molecule has 1 aliphatic rings. The van der Waals surface area contributed by atoms with Crippen LogP contribution in [0.3, 0.4) is 0 Å². The highest BCUT2D eigenvalue weighted by atomic mass is 16.4. The molecule has 16 heavy (non-hydrogen) atoms. The molecule has 0 bridgehead atoms. The molecule has 5 heteroatoms. The molecule has 3 N–H and O–H groups in total. The summed E-state index contributed by atoms with van der Waals surface area (Å²) in [5.41, 5.74) is 1.77. The molecule has 0 spiro atoms. The van der Waals surface area contributed by atoms with Crippen LogP contribution in [0.2, 0.25) is 0 Å². The zero-order valence-corrected chi connectivity index (χ0v) is 9.32. The Morgan fingerprint density at radius 2 is 2.31 bits per heavy atom. The molecule has 1 aromatic heterocycles. The number of anilines is 2. The molecule has 5 nitrogen and oxygen atoms in total. The normalized spacial score (nSPS) is 23.6. The summed E-state index contributed by atoms with van der Waals surface area (Å²) < 4.78 is 0. The second-order valence-electron chi connectivity index (χ2n) is 4.23. The van der Waals surface area contributed by atoms with Crippen LogP contribution in [-0.4, -0.2) is 28.1 Å². The van der Waals surface area contributed by atoms with Crippen LogP contribution in [0.4, 0.5) is 11.5 Å². The van der Waals surface area contributed by atoms with E-state index in [1.807, 2.05) is 19.9 Å². The second kappa shape index (κ2) is 4.00. The maximum Gasteiger partial charge on any atom is 0.326 e. The number of carboxylic acid groups (broad SMARTS) is 1. The van der Waals surface area contributed by atoms with Gasteiger partial charge in [0.25, 0.3) is 0 Å². The largest absolute Gasteiger partial charge is 0.480 e. The van der Waals surface area contributed by atoms with Crippen molar-refractivity contribution >= 4 is 17.5 Å². The summed E-state index contributed by atoms with van der Waals surface area (Å²) in [6, 6.07) is 1.43. The first-order valence-corrected chi connectivity index (χ1v) is 5.29. The molecule has 0 amide bonds. The molecule has 1 aromatic rings. The highest BCUT2D eigenvalue weighted by molar-refractivity contribution is 5.80. The number of fused-ring (bicyclic) bond motifs is 1. The smallest absolute Gasteiger partial charge is 0.326 e. The summed E-state index contributed by atoms with van der Waals surface area (Å²) in [6.45, 7) is 3.88. The average molecular weight is 221 g/mol. The molecule has 0 fully saturated rings. The van der Waals surface area contributed by atoms with Crippen molar-refractivity contribution in [2.24, 2.45) is 0 Å². The van der Waals surface area contributed by atoms with Crippen LogP contribution in [0.1, 0.15) is 18.9 Å². The van der Waals surface area contributed by atoms with Gasteiger partial charge in [0.1, 0.15) is 11.9 Å². The van der Waals surface area contributed by atoms with E-state index in [0.29, 0.717) is 6.42 Å². The van der Waals surface area contributed by atoms with Gasteiger partial charge >= 0.3 is 5.97 Å². The molecule has 0 radical (unpaired) electrons. The molecule has 0 saturated carbocycles. The first-order chi connectivity index (χ1) is 7.56. The van der Waals surface area contributed by atoms with Gasteiger partial charge in [-0.3, -0.25) is 0 Å². The van der Waals surface area contributed by atoms with Gasteiger partial charge in [0.2, 0.25) is 0 Å². The van der Waals surface area contributed by atoms with Gasteiger partial charge in [-0.2, -0.15) is 0 Å². The maximum atomic E-state index is 11.0. The van der Waals surface area contributed by atoms with E-state index in [0.717, 1.165) is 17.1 Å². The van der Waals surface area contributed by atoms with Crippen LogP contribution in [-0.2, 0) is 4.79 Å². The van der Waals surface area contributed by atoms with Gasteiger partial charge in [0.15, 0.2) is 0 Å². The number of carbonyl (C=O) groups is 1. The van der Waals surface area contributed by atoms with Gasteiger partial charge in [-0.05, 0) is 31.9 Å². The summed E-state index contributed by atoms with van der Waals surface area (Å²) >= 11 is 0. The Hall–Kier alpha value is -1.78. The Labute approximate surface area is 93.9 Å². The second-order valence-corrected chi connectivity index (χ2v) is 4.23. The highest BCUT2D eigenvalue weighted by Crippen LogP contribution is 2.26. The third-order valence-electron chi connectivity index (χ3n) is 2.62. The molecule has 86 valence electrons. The van der Waals surface area contributed by atoms with Gasteiger partial charge in [0.05, 0.1) is 5.69 Å². The van der Waals surface area contributed by atoms with Gasteiger partial charge in [-0.15, -0.1) is 0 Å². The van der Waals surface area contributed by atoms with Crippen LogP contribution in [0, 0.1) is 6.92 Å². The number of rotatable bonds is 1. The lowest BCUT2D eigenvalue weighted by atomic mass is 10.1. The number of nitrogens with one attached hydrogen (secondary N) is 2. The molecule has 0 aromatic carbocycles. The van der Waals surface area contributed by atoms with Crippen molar-refractivity contribution in [3.63, 3.8) is 0 Å². The predicted molar refractivity (Wildman–Crippen MR) is 61.7 cm³/mol. The summed E-state index contributed by atoms with van der Waals surface area (Å²) in [5, 5.41) is 15.3. The molecule has 2 unspecified atom stereocenters. The first-order valence-electron chi connectivity index (χ1n) is 5.29. The number of nitrogens with zero attached hydrogens (tertiary/aromatic N) is 1. The Balaban J connectivity index is 2.36. The standard InChI is InChI=1S/C11H15N3O2/c1-6-3-8-10(12-5-6)13-7(2)4-9(14-8)11(15)16/h3,5,7,9,14H,4H2,1-2H3,(H,12,13)(H,15,16). The molecular formula is C11H15N3O2. The molecule has 2 heterocycles. The minimum atomic E-state index is -0.831. The van der Waals surface area contributed by atoms with Crippen molar-refractivity contribution in [2.75, 3.05) is 10.6 Å². The Kier molecular flexibility index (Phi) is 2.68. The van der Waals surface area contributed by atoms with Crippen LogP contribution in [0.25, 0.3) is 0 Å². The Morgan fingerprint density at radius 3 is 3.00 bits per heavy atom. The van der Waals surface area contributed by atoms with E-state index in [1.165, 1.54) is 0 Å². The quantitative estimate of drug-likeness (QED) is 0.669. The van der Waals surface area contributed by atoms with Crippen molar-refractivity contribution in [1.29, 1.82) is 0 Å². The lowest BCUT2D eigenvalue weighted by Gasteiger charge is -2.13. The Bertz CT molecular complexity index is 420. The van der Waals surface area contributed by atoms with E-state index >= 15 is 0 Å². The van der Waals surface area contributed by atoms with Crippen LogP contribution in [0.5, 0.6) is 0 Å². The lowest BCUT2D eigenvalue weighted by Crippen LogP contribution is -2.32. The fourth-order valence-electron chi connectivity index (χ4n) is 1.85. The number of aromatic nitrogens is 1. The van der Waals surface area contributed by atoms with E-state index < -0.39 is 12.0 Å². The first kappa shape index (κ1) is 10.7. The average Bonchev–Trinajstić information content (AvgIpc) is 2.36. The van der Waals surface area contributed by atoms with E-state index in [2.05, 4.69) is 15.6 Å². The summed E-state index contributed by atoms with van der Waals surface area (Å²) in [5.74, 6) is -0.107. The van der Waals surface area contributed by atoms with E-state index in [4.69, 9.17) is 5.11 Å². The predicted octanol–water partition coefficient (Wildman–Crippen LogP) is 1.46. The lowest BCUT2D eigenvalue weighted by molar-refractivity contribution is -0.138. The van der Waals surface area contributed by atoms with Crippen LogP contribution in [0.15, 0.2) is 12.3 Å². The Morgan fingerprint density at radius 1 is 1.56 bits per heavy atom. The van der Waals surface area contributed by atoms with Crippen molar-refractivity contribution in [3.05, 3.63) is 17.8 Å². The van der Waals surface area contributed by atoms with E-state index in [1.54, 1.807) is 6.20 Å². The monoisotopic (exact) mass is 221 g/mol. The molecule has 2 atom stereocenters. The van der Waals surface area contributed by atoms with Crippen molar-refractivity contribution in [1.82, 2.24) is 4.98 Å². The fourth-order valence-corrected chi connectivity index (χ4v) is 1.85. The third-order valence-corrected chi connectivity index (χ3v) is 2.62. The molecule has 0 saturated heterocycles. The minimum absolute atomic E-state index is 0.0880. The molecule has 2 rings (SSSR count). The van der Waals surface area contributed by atoms with Gasteiger partial charge in [-0.25, -0.2) is 9.78 Å². The number of hydrogen-bond acceptors (Lipinski definition) is 4. The maximum absolute atomic E-state index is 11.0. The summed E-state index contributed by atoms with van der Waals surface area (Å²) in [4.78, 5) is 15.3. The zero-order valence-electron chi connectivity index (χ0n) is 9.32. The van der Waals surface area contributed by atoms with Crippen molar-refractivity contribution in [3.8, 4) is 0 Å². The minimum Gasteiger partial charge on any atom is -0.480 e. The van der Waals surface area contributed by atoms with Gasteiger partial charge < -0.3 is 15.7 Å². The van der Waals surface area contributed by atoms with Crippen LogP contribution < -0.4 is 10.6 Å². The number of carboxylic acids is 1. The SMILES string of the molecule is Cc1cnc2c(c1)NC(C(=O)O)CC(C)N2. The topological polar surface area (TPSA) is 74.2 Å². The van der Waals surface area contributed by atoms with Crippen LogP contribution >= 0.6 is 0 Å². The molecular weight excluding hydrogens is 206 g/mol. The van der Waals surface area contributed by atoms with Gasteiger partial charge in [-0.1, -0.05) is 0 Å². The molecule has 1 aliphatic heterocycles. The number of aryl methyl sites for hydroxylation is 1. The number of hydrogen-bond donors (Lipinski definition) is 3. The number of pyridine rings is 1. The zero-order chi connectivity index (χ0) is 11.7. The van der Waals surface area contributed by atoms with E-state index in [-0.39, 0.29) is 6.04 Å². The van der Waals surface area contributed by atoms with Crippen molar-refractivity contribution in [2.45, 2.75) is 32.4 Å². The van der Waals surface area contributed by atoms with Gasteiger partial charge in [0, 0.05) is 12.2 Å². The third kappa shape index (κ3) is 2.08. The summed E-state index contributed by atoms with van der Waals surface area (Å²) in [7, 11) is 0. The molecule has 0 aliphatic carbocycles. The van der Waals surface area contributed by atoms with Crippen molar-refractivity contribution < 1.29 is 9.90 Å². The highest BCUT2D eigenvalue weighted by Gasteiger charge is 2.25. The van der Waals surface area contributed by atoms with E-state index in [9.17, 15) is 4.79 Å². The number of aliphatic carboxylic acids is 1. The fraction of sp³-hybridized carbons (Fsp3) is 0.455. The summed E-state index contributed by atoms with van der Waals surface area (Å²) in [6.07, 6.45) is 2.30.